The second kappa shape index (κ2) is 2.97. The van der Waals surface area contributed by atoms with Gasteiger partial charge in [-0.05, 0) is 26.0 Å². The van der Waals surface area contributed by atoms with Crippen LogP contribution in [0.4, 0.5) is 0 Å². The predicted molar refractivity (Wildman–Crippen MR) is 55.4 cm³/mol. The summed E-state index contributed by atoms with van der Waals surface area (Å²) in [6.45, 7) is 4.07. The van der Waals surface area contributed by atoms with Gasteiger partial charge >= 0.3 is 0 Å². The fraction of sp³-hybridized carbons (Fsp3) is 0.400. The highest BCUT2D eigenvalue weighted by Gasteiger charge is 2.12. The Morgan fingerprint density at radius 1 is 1.43 bits per heavy atom. The van der Waals surface area contributed by atoms with Crippen molar-refractivity contribution in [2.45, 2.75) is 19.9 Å². The molecule has 0 aliphatic rings. The monoisotopic (exact) mass is 191 g/mol. The summed E-state index contributed by atoms with van der Waals surface area (Å²) in [5.41, 5.74) is 0.775. The van der Waals surface area contributed by atoms with Gasteiger partial charge in [0.1, 0.15) is 0 Å². The van der Waals surface area contributed by atoms with E-state index in [4.69, 9.17) is 0 Å². The lowest BCUT2D eigenvalue weighted by molar-refractivity contribution is 0.455. The van der Waals surface area contributed by atoms with E-state index in [2.05, 4.69) is 4.98 Å². The molecule has 0 radical (unpaired) electrons. The van der Waals surface area contributed by atoms with E-state index in [0.29, 0.717) is 5.39 Å². The van der Waals surface area contributed by atoms with Crippen molar-refractivity contribution in [3.05, 3.63) is 28.7 Å². The van der Waals surface area contributed by atoms with Crippen LogP contribution in [0.25, 0.3) is 11.0 Å². The van der Waals surface area contributed by atoms with Gasteiger partial charge in [0.15, 0.2) is 5.65 Å². The van der Waals surface area contributed by atoms with E-state index in [0.717, 1.165) is 5.65 Å². The predicted octanol–water partition coefficient (Wildman–Crippen LogP) is 1.32. The first kappa shape index (κ1) is 8.99. The minimum absolute atomic E-state index is 0.0156. The first-order valence-electron chi connectivity index (χ1n) is 4.65. The number of nitrogens with zero attached hydrogens (tertiary/aromatic N) is 3. The van der Waals surface area contributed by atoms with Gasteiger partial charge in [-0.2, -0.15) is 0 Å². The van der Waals surface area contributed by atoms with E-state index in [1.54, 1.807) is 24.0 Å². The number of hydrogen-bond acceptors (Lipinski definition) is 2. The molecular weight excluding hydrogens is 178 g/mol. The Bertz CT molecular complexity index is 522. The van der Waals surface area contributed by atoms with Gasteiger partial charge in [0.05, 0.1) is 5.39 Å². The van der Waals surface area contributed by atoms with E-state index in [1.807, 2.05) is 24.6 Å². The summed E-state index contributed by atoms with van der Waals surface area (Å²) in [5.74, 6) is 0. The van der Waals surface area contributed by atoms with Crippen LogP contribution in [0.1, 0.15) is 19.9 Å². The quantitative estimate of drug-likeness (QED) is 0.682. The number of aromatic nitrogens is 3. The molecule has 0 aromatic carbocycles. The van der Waals surface area contributed by atoms with Crippen molar-refractivity contribution in [2.24, 2.45) is 7.05 Å². The molecule has 0 unspecified atom stereocenters. The van der Waals surface area contributed by atoms with Crippen molar-refractivity contribution in [1.29, 1.82) is 0 Å². The van der Waals surface area contributed by atoms with E-state index < -0.39 is 0 Å². The normalized spacial score (nSPS) is 11.4. The first-order valence-corrected chi connectivity index (χ1v) is 4.65. The third-order valence-electron chi connectivity index (χ3n) is 2.34. The second-order valence-electron chi connectivity index (χ2n) is 3.64. The van der Waals surface area contributed by atoms with E-state index in [-0.39, 0.29) is 11.6 Å². The summed E-state index contributed by atoms with van der Waals surface area (Å²) in [6.07, 6.45) is 1.71. The molecule has 4 nitrogen and oxygen atoms in total. The summed E-state index contributed by atoms with van der Waals surface area (Å²) in [6, 6.07) is 3.83. The van der Waals surface area contributed by atoms with Crippen LogP contribution in [0.15, 0.2) is 23.1 Å². The zero-order valence-electron chi connectivity index (χ0n) is 8.56. The van der Waals surface area contributed by atoms with Gasteiger partial charge in [-0.1, -0.05) is 0 Å². The minimum Gasteiger partial charge on any atom is -0.267 e. The lowest BCUT2D eigenvalue weighted by Crippen LogP contribution is -2.20. The second-order valence-corrected chi connectivity index (χ2v) is 3.64. The third-order valence-corrected chi connectivity index (χ3v) is 2.34. The fourth-order valence-corrected chi connectivity index (χ4v) is 1.75. The van der Waals surface area contributed by atoms with Crippen LogP contribution in [0.2, 0.25) is 0 Å². The third kappa shape index (κ3) is 1.07. The van der Waals surface area contributed by atoms with Crippen molar-refractivity contribution >= 4 is 11.0 Å². The average Bonchev–Trinajstić information content (AvgIpc) is 2.41. The molecule has 0 aliphatic heterocycles. The number of hydrogen-bond donors (Lipinski definition) is 0. The van der Waals surface area contributed by atoms with Crippen molar-refractivity contribution in [3.63, 3.8) is 0 Å². The Kier molecular flexibility index (Phi) is 1.91. The van der Waals surface area contributed by atoms with E-state index in [9.17, 15) is 4.79 Å². The van der Waals surface area contributed by atoms with Gasteiger partial charge in [-0.15, -0.1) is 0 Å². The van der Waals surface area contributed by atoms with E-state index >= 15 is 0 Å². The SMILES string of the molecule is CC(C)n1c2ncccc2c(=O)n1C. The molecule has 74 valence electrons. The van der Waals surface area contributed by atoms with Crippen LogP contribution in [0, 0.1) is 0 Å². The molecule has 0 atom stereocenters. The van der Waals surface area contributed by atoms with Crippen LogP contribution < -0.4 is 5.56 Å². The number of pyridine rings is 1. The lowest BCUT2D eigenvalue weighted by Gasteiger charge is -2.11. The molecule has 2 aromatic rings. The van der Waals surface area contributed by atoms with Crippen molar-refractivity contribution in [1.82, 2.24) is 14.3 Å². The zero-order valence-corrected chi connectivity index (χ0v) is 8.56. The summed E-state index contributed by atoms with van der Waals surface area (Å²) in [5, 5.41) is 0.684. The van der Waals surface area contributed by atoms with Gasteiger partial charge in [-0.25, -0.2) is 4.98 Å². The molecule has 14 heavy (non-hydrogen) atoms. The van der Waals surface area contributed by atoms with Gasteiger partial charge in [0, 0.05) is 19.3 Å². The van der Waals surface area contributed by atoms with Crippen LogP contribution in [-0.2, 0) is 7.05 Å². The Morgan fingerprint density at radius 2 is 2.14 bits per heavy atom. The molecule has 4 heteroatoms. The summed E-state index contributed by atoms with van der Waals surface area (Å²) < 4.78 is 3.51. The maximum Gasteiger partial charge on any atom is 0.275 e. The molecule has 0 aliphatic carbocycles. The maximum atomic E-state index is 11.8. The highest BCUT2D eigenvalue weighted by atomic mass is 16.1. The van der Waals surface area contributed by atoms with Gasteiger partial charge in [-0.3, -0.25) is 14.2 Å². The molecule has 0 saturated heterocycles. The Morgan fingerprint density at radius 3 is 2.79 bits per heavy atom. The Balaban J connectivity index is 2.95. The molecule has 0 saturated carbocycles. The van der Waals surface area contributed by atoms with Gasteiger partial charge in [0.25, 0.3) is 5.56 Å². The average molecular weight is 191 g/mol. The molecule has 0 N–H and O–H groups in total. The smallest absolute Gasteiger partial charge is 0.267 e. The summed E-state index contributed by atoms with van der Waals surface area (Å²) in [7, 11) is 1.77. The number of rotatable bonds is 1. The maximum absolute atomic E-state index is 11.8. The van der Waals surface area contributed by atoms with Crippen molar-refractivity contribution < 1.29 is 0 Å². The highest BCUT2D eigenvalue weighted by molar-refractivity contribution is 5.74. The molecule has 2 aromatic heterocycles. The summed E-state index contributed by atoms with van der Waals surface area (Å²) >= 11 is 0. The summed E-state index contributed by atoms with van der Waals surface area (Å²) in [4.78, 5) is 16.0. The molecule has 0 bridgehead atoms. The molecule has 0 spiro atoms. The lowest BCUT2D eigenvalue weighted by atomic mass is 10.3. The van der Waals surface area contributed by atoms with Crippen LogP contribution >= 0.6 is 0 Å². The molecular formula is C10H13N3O. The molecule has 2 heterocycles. The largest absolute Gasteiger partial charge is 0.275 e. The standard InChI is InChI=1S/C10H13N3O/c1-7(2)13-9-8(5-4-6-11-9)10(14)12(13)3/h4-7H,1-3H3. The van der Waals surface area contributed by atoms with E-state index in [1.165, 1.54) is 0 Å². The Labute approximate surface area is 81.8 Å². The van der Waals surface area contributed by atoms with Crippen molar-refractivity contribution in [3.8, 4) is 0 Å². The van der Waals surface area contributed by atoms with Crippen LogP contribution in [0.5, 0.6) is 0 Å². The first-order chi connectivity index (χ1) is 6.63. The molecule has 2 rings (SSSR count). The Hall–Kier alpha value is -1.58. The topological polar surface area (TPSA) is 39.8 Å². The minimum atomic E-state index is 0.0156. The molecule has 0 amide bonds. The van der Waals surface area contributed by atoms with Gasteiger partial charge in [0.2, 0.25) is 0 Å². The van der Waals surface area contributed by atoms with Gasteiger partial charge < -0.3 is 0 Å². The highest BCUT2D eigenvalue weighted by Crippen LogP contribution is 2.12. The fourth-order valence-electron chi connectivity index (χ4n) is 1.75. The van der Waals surface area contributed by atoms with Crippen LogP contribution in [-0.4, -0.2) is 14.3 Å². The molecule has 0 fully saturated rings. The van der Waals surface area contributed by atoms with Crippen LogP contribution in [0.3, 0.4) is 0 Å². The van der Waals surface area contributed by atoms with Crippen molar-refractivity contribution in [2.75, 3.05) is 0 Å². The zero-order chi connectivity index (χ0) is 10.3. The number of fused-ring (bicyclic) bond motifs is 1.